The van der Waals surface area contributed by atoms with Crippen molar-refractivity contribution in [3.63, 3.8) is 0 Å². The number of hydrogen-bond acceptors (Lipinski definition) is 4. The second-order valence-corrected chi connectivity index (χ2v) is 5.94. The first kappa shape index (κ1) is 16.1. The number of amides is 1. The van der Waals surface area contributed by atoms with Gasteiger partial charge in [0.1, 0.15) is 0 Å². The van der Waals surface area contributed by atoms with Gasteiger partial charge in [-0.3, -0.25) is 9.59 Å². The van der Waals surface area contributed by atoms with Gasteiger partial charge in [-0.1, -0.05) is 29.3 Å². The second-order valence-electron chi connectivity index (χ2n) is 5.12. The SMILES string of the molecule is COC(=O)C1(C(N)=O)CC1(CCO)c1ccc(Cl)c(Cl)c1. The highest BCUT2D eigenvalue weighted by Gasteiger charge is 2.76. The number of rotatable bonds is 5. The predicted molar refractivity (Wildman–Crippen MR) is 78.1 cm³/mol. The number of primary amides is 1. The molecule has 21 heavy (non-hydrogen) atoms. The van der Waals surface area contributed by atoms with Crippen molar-refractivity contribution in [2.24, 2.45) is 11.1 Å². The molecule has 1 amide bonds. The number of hydrogen-bond donors (Lipinski definition) is 2. The molecule has 2 rings (SSSR count). The van der Waals surface area contributed by atoms with Crippen LogP contribution in [0.2, 0.25) is 10.0 Å². The summed E-state index contributed by atoms with van der Waals surface area (Å²) >= 11 is 11.9. The summed E-state index contributed by atoms with van der Waals surface area (Å²) < 4.78 is 4.74. The normalized spacial score (nSPS) is 27.2. The summed E-state index contributed by atoms with van der Waals surface area (Å²) in [7, 11) is 1.20. The lowest BCUT2D eigenvalue weighted by Crippen LogP contribution is -2.40. The number of nitrogens with two attached hydrogens (primary N) is 1. The van der Waals surface area contributed by atoms with Crippen LogP contribution in [0.4, 0.5) is 0 Å². The van der Waals surface area contributed by atoms with Gasteiger partial charge < -0.3 is 15.6 Å². The van der Waals surface area contributed by atoms with Crippen molar-refractivity contribution in [1.29, 1.82) is 0 Å². The Hall–Kier alpha value is -1.30. The molecular formula is C14H15Cl2NO4. The van der Waals surface area contributed by atoms with Gasteiger partial charge in [-0.05, 0) is 30.5 Å². The predicted octanol–water partition coefficient (Wildman–Crippen LogP) is 1.66. The van der Waals surface area contributed by atoms with E-state index in [1.807, 2.05) is 0 Å². The largest absolute Gasteiger partial charge is 0.468 e. The van der Waals surface area contributed by atoms with Crippen molar-refractivity contribution in [3.8, 4) is 0 Å². The maximum absolute atomic E-state index is 12.1. The number of esters is 1. The number of aliphatic hydroxyl groups excluding tert-OH is 1. The lowest BCUT2D eigenvalue weighted by molar-refractivity contribution is -0.152. The van der Waals surface area contributed by atoms with Crippen molar-refractivity contribution in [2.75, 3.05) is 13.7 Å². The highest BCUT2D eigenvalue weighted by Crippen LogP contribution is 2.67. The maximum atomic E-state index is 12.1. The first-order valence-electron chi connectivity index (χ1n) is 6.30. The maximum Gasteiger partial charge on any atom is 0.322 e. The monoisotopic (exact) mass is 331 g/mol. The molecule has 1 aliphatic carbocycles. The quantitative estimate of drug-likeness (QED) is 0.634. The molecule has 0 aromatic heterocycles. The van der Waals surface area contributed by atoms with E-state index in [4.69, 9.17) is 33.7 Å². The molecule has 1 aromatic carbocycles. The lowest BCUT2D eigenvalue weighted by atomic mass is 9.83. The minimum absolute atomic E-state index is 0.181. The molecule has 1 saturated carbocycles. The number of aliphatic hydroxyl groups is 1. The van der Waals surface area contributed by atoms with Crippen LogP contribution >= 0.6 is 23.2 Å². The molecular weight excluding hydrogens is 317 g/mol. The van der Waals surface area contributed by atoms with E-state index in [1.54, 1.807) is 18.2 Å². The van der Waals surface area contributed by atoms with Crippen molar-refractivity contribution >= 4 is 35.1 Å². The van der Waals surface area contributed by atoms with E-state index in [2.05, 4.69) is 0 Å². The zero-order valence-corrected chi connectivity index (χ0v) is 12.9. The van der Waals surface area contributed by atoms with Gasteiger partial charge in [-0.15, -0.1) is 0 Å². The number of ether oxygens (including phenoxy) is 1. The van der Waals surface area contributed by atoms with Crippen LogP contribution in [0.3, 0.4) is 0 Å². The number of carbonyl (C=O) groups excluding carboxylic acids is 2. The van der Waals surface area contributed by atoms with Gasteiger partial charge in [-0.2, -0.15) is 0 Å². The van der Waals surface area contributed by atoms with Gasteiger partial charge in [0.25, 0.3) is 0 Å². The molecule has 1 aromatic rings. The van der Waals surface area contributed by atoms with Crippen molar-refractivity contribution in [2.45, 2.75) is 18.3 Å². The fourth-order valence-electron chi connectivity index (χ4n) is 3.05. The topological polar surface area (TPSA) is 89.6 Å². The molecule has 114 valence electrons. The number of carbonyl (C=O) groups is 2. The standard InChI is InChI=1S/C14H15Cl2NO4/c1-21-12(20)14(11(17)19)7-13(14,4-5-18)8-2-3-9(15)10(16)6-8/h2-3,6,18H,4-5,7H2,1H3,(H2,17,19). The third-order valence-electron chi connectivity index (χ3n) is 4.22. The van der Waals surface area contributed by atoms with Crippen LogP contribution in [0, 0.1) is 5.41 Å². The highest BCUT2D eigenvalue weighted by atomic mass is 35.5. The first-order valence-corrected chi connectivity index (χ1v) is 7.06. The first-order chi connectivity index (χ1) is 9.85. The third kappa shape index (κ3) is 2.20. The van der Waals surface area contributed by atoms with Gasteiger partial charge in [0, 0.05) is 12.0 Å². The zero-order valence-electron chi connectivity index (χ0n) is 11.4. The van der Waals surface area contributed by atoms with Gasteiger partial charge in [0.2, 0.25) is 5.91 Å². The van der Waals surface area contributed by atoms with E-state index in [0.717, 1.165) is 0 Å². The lowest BCUT2D eigenvalue weighted by Gasteiger charge is -2.22. The summed E-state index contributed by atoms with van der Waals surface area (Å²) in [5, 5.41) is 10.0. The Morgan fingerprint density at radius 1 is 1.38 bits per heavy atom. The zero-order chi connectivity index (χ0) is 15.8. The van der Waals surface area contributed by atoms with Crippen LogP contribution in [0.1, 0.15) is 18.4 Å². The van der Waals surface area contributed by atoms with Crippen LogP contribution in [0.25, 0.3) is 0 Å². The molecule has 3 N–H and O–H groups in total. The van der Waals surface area contributed by atoms with E-state index >= 15 is 0 Å². The Kier molecular flexibility index (Phi) is 4.19. The van der Waals surface area contributed by atoms with Gasteiger partial charge in [0.05, 0.1) is 17.2 Å². The Morgan fingerprint density at radius 2 is 2.05 bits per heavy atom. The summed E-state index contributed by atoms with van der Waals surface area (Å²) in [4.78, 5) is 24.0. The Morgan fingerprint density at radius 3 is 2.52 bits per heavy atom. The Labute approximate surface area is 132 Å². The molecule has 0 saturated heterocycles. The molecule has 5 nitrogen and oxygen atoms in total. The van der Waals surface area contributed by atoms with Crippen LogP contribution in [-0.2, 0) is 19.7 Å². The molecule has 7 heteroatoms. The highest BCUT2D eigenvalue weighted by molar-refractivity contribution is 6.42. The van der Waals surface area contributed by atoms with E-state index < -0.39 is 22.7 Å². The molecule has 0 heterocycles. The van der Waals surface area contributed by atoms with Gasteiger partial charge in [-0.25, -0.2) is 0 Å². The van der Waals surface area contributed by atoms with Crippen LogP contribution < -0.4 is 5.73 Å². The van der Waals surface area contributed by atoms with E-state index in [1.165, 1.54) is 7.11 Å². The summed E-state index contributed by atoms with van der Waals surface area (Å²) in [6, 6.07) is 4.85. The van der Waals surface area contributed by atoms with Crippen molar-refractivity contribution in [3.05, 3.63) is 33.8 Å². The van der Waals surface area contributed by atoms with E-state index in [-0.39, 0.29) is 19.4 Å². The molecule has 0 bridgehead atoms. The van der Waals surface area contributed by atoms with Crippen molar-refractivity contribution < 1.29 is 19.4 Å². The van der Waals surface area contributed by atoms with Gasteiger partial charge >= 0.3 is 5.97 Å². The summed E-state index contributed by atoms with van der Waals surface area (Å²) in [6.07, 6.45) is 0.379. The van der Waals surface area contributed by atoms with Gasteiger partial charge in [0.15, 0.2) is 5.41 Å². The molecule has 0 spiro atoms. The Balaban J connectivity index is 2.56. The Bertz CT molecular complexity index is 607. The minimum Gasteiger partial charge on any atom is -0.468 e. The molecule has 0 aliphatic heterocycles. The summed E-state index contributed by atoms with van der Waals surface area (Å²) in [5.41, 5.74) is 3.70. The van der Waals surface area contributed by atoms with E-state index in [0.29, 0.717) is 15.6 Å². The summed E-state index contributed by atoms with van der Waals surface area (Å²) in [6.45, 7) is -0.202. The number of halogens is 2. The second kappa shape index (κ2) is 5.48. The average Bonchev–Trinajstić information content (AvgIpc) is 3.13. The molecule has 2 unspecified atom stereocenters. The van der Waals surface area contributed by atoms with Crippen LogP contribution in [0.5, 0.6) is 0 Å². The fourth-order valence-corrected chi connectivity index (χ4v) is 3.35. The molecule has 0 radical (unpaired) electrons. The van der Waals surface area contributed by atoms with Crippen LogP contribution in [-0.4, -0.2) is 30.7 Å². The molecule has 1 fully saturated rings. The molecule has 2 atom stereocenters. The molecule has 1 aliphatic rings. The average molecular weight is 332 g/mol. The number of benzene rings is 1. The smallest absolute Gasteiger partial charge is 0.322 e. The van der Waals surface area contributed by atoms with Crippen LogP contribution in [0.15, 0.2) is 18.2 Å². The number of methoxy groups -OCH3 is 1. The third-order valence-corrected chi connectivity index (χ3v) is 4.96. The van der Waals surface area contributed by atoms with E-state index in [9.17, 15) is 14.7 Å². The minimum atomic E-state index is -1.47. The summed E-state index contributed by atoms with van der Waals surface area (Å²) in [5.74, 6) is -1.47. The fraction of sp³-hybridized carbons (Fsp3) is 0.429. The van der Waals surface area contributed by atoms with Crippen molar-refractivity contribution in [1.82, 2.24) is 0 Å².